The molecule has 5 nitrogen and oxygen atoms in total. The van der Waals surface area contributed by atoms with Gasteiger partial charge in [0.05, 0.1) is 0 Å². The lowest BCUT2D eigenvalue weighted by atomic mass is 10.1. The van der Waals surface area contributed by atoms with Crippen molar-refractivity contribution < 1.29 is 8.42 Å². The van der Waals surface area contributed by atoms with Crippen LogP contribution < -0.4 is 5.32 Å². The molecule has 2 fully saturated rings. The lowest BCUT2D eigenvalue weighted by Crippen LogP contribution is -2.33. The minimum atomic E-state index is -3.36. The lowest BCUT2D eigenvalue weighted by molar-refractivity contribution is 0.405. The van der Waals surface area contributed by atoms with Gasteiger partial charge in [0.25, 0.3) is 0 Å². The summed E-state index contributed by atoms with van der Waals surface area (Å²) in [7, 11) is -1.47. The number of hydrogen-bond acceptors (Lipinski definition) is 3. The summed E-state index contributed by atoms with van der Waals surface area (Å²) in [5.74, 6) is 0.442. The average Bonchev–Trinajstić information content (AvgIpc) is 3.07. The van der Waals surface area contributed by atoms with Crippen molar-refractivity contribution in [3.63, 3.8) is 0 Å². The quantitative estimate of drug-likeness (QED) is 0.904. The van der Waals surface area contributed by atoms with E-state index in [1.807, 2.05) is 26.2 Å². The first-order valence-corrected chi connectivity index (χ1v) is 9.24. The van der Waals surface area contributed by atoms with E-state index >= 15 is 0 Å². The van der Waals surface area contributed by atoms with Crippen molar-refractivity contribution in [2.75, 3.05) is 13.6 Å². The van der Waals surface area contributed by atoms with Crippen LogP contribution in [0.3, 0.4) is 0 Å². The van der Waals surface area contributed by atoms with Gasteiger partial charge in [-0.25, -0.2) is 8.42 Å². The summed E-state index contributed by atoms with van der Waals surface area (Å²) in [4.78, 5) is 0.459. The van der Waals surface area contributed by atoms with Gasteiger partial charge in [0.2, 0.25) is 10.0 Å². The summed E-state index contributed by atoms with van der Waals surface area (Å²) in [6.45, 7) is 5.47. The Morgan fingerprint density at radius 3 is 2.57 bits per heavy atom. The predicted octanol–water partition coefficient (Wildman–Crippen LogP) is 1.96. The third kappa shape index (κ3) is 2.76. The molecule has 118 valence electrons. The van der Waals surface area contributed by atoms with Gasteiger partial charge in [-0.3, -0.25) is 0 Å². The standard InChI is InChI=1S/C15H25N3O2S/c1-11-6-12(2)18(9-11)21(19,20)15-7-14(8-16-3)17(10-15)13-4-5-13/h7,10-13,16H,4-6,8-9H2,1-3H3. The van der Waals surface area contributed by atoms with E-state index in [2.05, 4.69) is 16.8 Å². The Morgan fingerprint density at radius 1 is 1.33 bits per heavy atom. The van der Waals surface area contributed by atoms with Gasteiger partial charge in [-0.2, -0.15) is 4.31 Å². The molecule has 1 aromatic rings. The Bertz CT molecular complexity index is 619. The Morgan fingerprint density at radius 2 is 2.05 bits per heavy atom. The molecule has 1 aromatic heterocycles. The first-order chi connectivity index (χ1) is 9.93. The second-order valence-corrected chi connectivity index (χ2v) is 8.49. The third-order valence-corrected chi connectivity index (χ3v) is 6.48. The third-order valence-electron chi connectivity index (χ3n) is 4.54. The molecule has 0 aromatic carbocycles. The number of sulfonamides is 1. The Balaban J connectivity index is 1.93. The highest BCUT2D eigenvalue weighted by Gasteiger charge is 2.37. The zero-order valence-electron chi connectivity index (χ0n) is 13.0. The molecule has 2 atom stereocenters. The van der Waals surface area contributed by atoms with Crippen molar-refractivity contribution in [1.82, 2.24) is 14.2 Å². The van der Waals surface area contributed by atoms with Crippen LogP contribution >= 0.6 is 0 Å². The molecule has 0 spiro atoms. The number of nitrogens with one attached hydrogen (secondary N) is 1. The van der Waals surface area contributed by atoms with Gasteiger partial charge in [-0.15, -0.1) is 0 Å². The highest BCUT2D eigenvalue weighted by molar-refractivity contribution is 7.89. The van der Waals surface area contributed by atoms with Gasteiger partial charge < -0.3 is 9.88 Å². The fraction of sp³-hybridized carbons (Fsp3) is 0.733. The summed E-state index contributed by atoms with van der Waals surface area (Å²) in [6, 6.07) is 2.44. The Kier molecular flexibility index (Phi) is 3.88. The van der Waals surface area contributed by atoms with Crippen molar-refractivity contribution in [2.45, 2.75) is 56.6 Å². The number of rotatable bonds is 5. The molecule has 0 bridgehead atoms. The maximum Gasteiger partial charge on any atom is 0.244 e. The van der Waals surface area contributed by atoms with E-state index < -0.39 is 10.0 Å². The van der Waals surface area contributed by atoms with E-state index in [-0.39, 0.29) is 6.04 Å². The van der Waals surface area contributed by atoms with Gasteiger partial charge in [0, 0.05) is 37.1 Å². The maximum absolute atomic E-state index is 12.9. The van der Waals surface area contributed by atoms with E-state index in [0.717, 1.165) is 25.0 Å². The van der Waals surface area contributed by atoms with Crippen LogP contribution in [0.5, 0.6) is 0 Å². The summed E-state index contributed by atoms with van der Waals surface area (Å²) >= 11 is 0. The van der Waals surface area contributed by atoms with Crippen molar-refractivity contribution >= 4 is 10.0 Å². The van der Waals surface area contributed by atoms with E-state index in [0.29, 0.717) is 29.9 Å². The van der Waals surface area contributed by atoms with Crippen molar-refractivity contribution in [1.29, 1.82) is 0 Å². The molecule has 2 unspecified atom stereocenters. The van der Waals surface area contributed by atoms with Gasteiger partial charge in [-0.1, -0.05) is 6.92 Å². The molecule has 0 radical (unpaired) electrons. The average molecular weight is 311 g/mol. The molecular weight excluding hydrogens is 286 g/mol. The number of hydrogen-bond donors (Lipinski definition) is 1. The van der Waals surface area contributed by atoms with E-state index in [1.54, 1.807) is 4.31 Å². The predicted molar refractivity (Wildman–Crippen MR) is 82.6 cm³/mol. The Labute approximate surface area is 127 Å². The van der Waals surface area contributed by atoms with Crippen molar-refractivity contribution in [2.24, 2.45) is 5.92 Å². The second kappa shape index (κ2) is 5.41. The largest absolute Gasteiger partial charge is 0.346 e. The maximum atomic E-state index is 12.9. The van der Waals surface area contributed by atoms with Gasteiger partial charge >= 0.3 is 0 Å². The normalized spacial score (nSPS) is 27.4. The SMILES string of the molecule is CNCc1cc(S(=O)(=O)N2CC(C)CC2C)cn1C1CC1. The molecule has 0 amide bonds. The van der Waals surface area contributed by atoms with Crippen LogP contribution in [0, 0.1) is 5.92 Å². The molecule has 1 aliphatic carbocycles. The summed E-state index contributed by atoms with van der Waals surface area (Å²) in [5, 5.41) is 3.13. The van der Waals surface area contributed by atoms with Crippen LogP contribution in [-0.4, -0.2) is 36.9 Å². The fourth-order valence-corrected chi connectivity index (χ4v) is 5.20. The summed E-state index contributed by atoms with van der Waals surface area (Å²) in [5.41, 5.74) is 1.07. The van der Waals surface area contributed by atoms with Crippen molar-refractivity contribution in [3.05, 3.63) is 18.0 Å². The topological polar surface area (TPSA) is 54.3 Å². The van der Waals surface area contributed by atoms with E-state index in [9.17, 15) is 8.42 Å². The highest BCUT2D eigenvalue weighted by atomic mass is 32.2. The molecular formula is C15H25N3O2S. The summed E-state index contributed by atoms with van der Waals surface area (Å²) in [6.07, 6.45) is 5.10. The molecule has 1 aliphatic heterocycles. The van der Waals surface area contributed by atoms with Crippen molar-refractivity contribution in [3.8, 4) is 0 Å². The van der Waals surface area contributed by atoms with Crippen LogP contribution in [0.1, 0.15) is 44.8 Å². The molecule has 2 heterocycles. The molecule has 3 rings (SSSR count). The molecule has 1 N–H and O–H groups in total. The minimum Gasteiger partial charge on any atom is -0.346 e. The number of nitrogens with zero attached hydrogens (tertiary/aromatic N) is 2. The van der Waals surface area contributed by atoms with E-state index in [1.165, 1.54) is 0 Å². The first-order valence-electron chi connectivity index (χ1n) is 7.80. The van der Waals surface area contributed by atoms with Crippen LogP contribution in [0.2, 0.25) is 0 Å². The van der Waals surface area contributed by atoms with Gasteiger partial charge in [0.15, 0.2) is 0 Å². The molecule has 2 aliphatic rings. The number of aromatic nitrogens is 1. The molecule has 6 heteroatoms. The highest BCUT2D eigenvalue weighted by Crippen LogP contribution is 2.38. The van der Waals surface area contributed by atoms with Crippen LogP contribution in [0.15, 0.2) is 17.2 Å². The van der Waals surface area contributed by atoms with E-state index in [4.69, 9.17) is 0 Å². The first kappa shape index (κ1) is 15.1. The van der Waals surface area contributed by atoms with Gasteiger partial charge in [0.1, 0.15) is 4.90 Å². The molecule has 1 saturated carbocycles. The monoisotopic (exact) mass is 311 g/mol. The molecule has 21 heavy (non-hydrogen) atoms. The zero-order chi connectivity index (χ0) is 15.2. The van der Waals surface area contributed by atoms with Crippen LogP contribution in [0.4, 0.5) is 0 Å². The van der Waals surface area contributed by atoms with Gasteiger partial charge in [-0.05, 0) is 45.2 Å². The fourth-order valence-electron chi connectivity index (χ4n) is 3.39. The zero-order valence-corrected chi connectivity index (χ0v) is 13.9. The second-order valence-electron chi connectivity index (χ2n) is 6.60. The lowest BCUT2D eigenvalue weighted by Gasteiger charge is -2.20. The smallest absolute Gasteiger partial charge is 0.244 e. The van der Waals surface area contributed by atoms with Crippen LogP contribution in [-0.2, 0) is 16.6 Å². The molecule has 1 saturated heterocycles. The Hall–Kier alpha value is -0.850. The summed E-state index contributed by atoms with van der Waals surface area (Å²) < 4.78 is 29.6. The van der Waals surface area contributed by atoms with Crippen LogP contribution in [0.25, 0.3) is 0 Å². The minimum absolute atomic E-state index is 0.0991.